The first-order valence-corrected chi connectivity index (χ1v) is 6.15. The lowest BCUT2D eigenvalue weighted by molar-refractivity contribution is -0.140. The summed E-state index contributed by atoms with van der Waals surface area (Å²) in [7, 11) is 0. The van der Waals surface area contributed by atoms with E-state index in [1.807, 2.05) is 0 Å². The summed E-state index contributed by atoms with van der Waals surface area (Å²) in [5, 5.41) is 9.21. The van der Waals surface area contributed by atoms with E-state index >= 15 is 0 Å². The van der Waals surface area contributed by atoms with Crippen molar-refractivity contribution in [3.8, 4) is 0 Å². The minimum Gasteiger partial charge on any atom is -0.481 e. The van der Waals surface area contributed by atoms with Gasteiger partial charge in [-0.1, -0.05) is 24.3 Å². The van der Waals surface area contributed by atoms with E-state index < -0.39 is 11.4 Å². The Morgan fingerprint density at radius 3 is 2.26 bits per heavy atom. The molecule has 2 aromatic rings. The third kappa shape index (κ3) is 1.85. The summed E-state index contributed by atoms with van der Waals surface area (Å²) in [5.41, 5.74) is 1.16. The Morgan fingerprint density at radius 1 is 1.11 bits per heavy atom. The minimum absolute atomic E-state index is 0.0864. The van der Waals surface area contributed by atoms with Gasteiger partial charge in [-0.2, -0.15) is 0 Å². The Kier molecular flexibility index (Phi) is 2.52. The Hall–Kier alpha value is -2.36. The maximum Gasteiger partial charge on any atom is 0.314 e. The van der Waals surface area contributed by atoms with E-state index in [1.54, 1.807) is 42.6 Å². The largest absolute Gasteiger partial charge is 0.481 e. The molecule has 4 nitrogen and oxygen atoms in total. The van der Waals surface area contributed by atoms with Crippen molar-refractivity contribution < 1.29 is 14.7 Å². The molecule has 0 aliphatic heterocycles. The van der Waals surface area contributed by atoms with Crippen LogP contribution < -0.4 is 0 Å². The van der Waals surface area contributed by atoms with Crippen LogP contribution in [-0.2, 0) is 10.2 Å². The fourth-order valence-electron chi connectivity index (χ4n) is 2.32. The van der Waals surface area contributed by atoms with E-state index in [0.29, 0.717) is 24.1 Å². The SMILES string of the molecule is O=C(c1ccc(C2(C(=O)O)CC2)cc1)c1ccc[nH]1. The van der Waals surface area contributed by atoms with Crippen molar-refractivity contribution in [2.75, 3.05) is 0 Å². The molecule has 0 amide bonds. The molecule has 0 radical (unpaired) electrons. The summed E-state index contributed by atoms with van der Waals surface area (Å²) in [4.78, 5) is 26.2. The molecule has 1 aliphatic carbocycles. The highest BCUT2D eigenvalue weighted by Gasteiger charge is 2.51. The highest BCUT2D eigenvalue weighted by atomic mass is 16.4. The van der Waals surface area contributed by atoms with Crippen LogP contribution in [0.15, 0.2) is 42.6 Å². The maximum atomic E-state index is 12.1. The topological polar surface area (TPSA) is 70.2 Å². The summed E-state index contributed by atoms with van der Waals surface area (Å²) in [6.45, 7) is 0. The zero-order valence-corrected chi connectivity index (χ0v) is 10.2. The van der Waals surface area contributed by atoms with E-state index in [1.165, 1.54) is 0 Å². The van der Waals surface area contributed by atoms with E-state index in [2.05, 4.69) is 4.98 Å². The van der Waals surface area contributed by atoms with E-state index in [9.17, 15) is 14.7 Å². The molecule has 96 valence electrons. The van der Waals surface area contributed by atoms with Gasteiger partial charge >= 0.3 is 5.97 Å². The second kappa shape index (κ2) is 4.09. The van der Waals surface area contributed by atoms with Crippen molar-refractivity contribution in [1.82, 2.24) is 4.98 Å². The van der Waals surface area contributed by atoms with Crippen LogP contribution in [-0.4, -0.2) is 21.8 Å². The van der Waals surface area contributed by atoms with Crippen molar-refractivity contribution >= 4 is 11.8 Å². The number of aromatic amines is 1. The minimum atomic E-state index is -0.782. The van der Waals surface area contributed by atoms with Gasteiger partial charge in [-0.05, 0) is 30.5 Å². The van der Waals surface area contributed by atoms with Gasteiger partial charge in [0.1, 0.15) is 0 Å². The quantitative estimate of drug-likeness (QED) is 0.824. The molecule has 0 bridgehead atoms. The Bertz CT molecular complexity index is 622. The van der Waals surface area contributed by atoms with Gasteiger partial charge in [0.05, 0.1) is 11.1 Å². The number of aliphatic carboxylic acids is 1. The molecule has 2 N–H and O–H groups in total. The summed E-state index contributed by atoms with van der Waals surface area (Å²) < 4.78 is 0. The molecule has 4 heteroatoms. The molecule has 1 heterocycles. The number of hydrogen-bond acceptors (Lipinski definition) is 2. The van der Waals surface area contributed by atoms with Gasteiger partial charge < -0.3 is 10.1 Å². The fraction of sp³-hybridized carbons (Fsp3) is 0.200. The van der Waals surface area contributed by atoms with Crippen LogP contribution in [0.1, 0.15) is 34.5 Å². The fourth-order valence-corrected chi connectivity index (χ4v) is 2.32. The number of H-pyrrole nitrogens is 1. The predicted octanol–water partition coefficient (Wildman–Crippen LogP) is 2.36. The van der Waals surface area contributed by atoms with Crippen molar-refractivity contribution in [2.45, 2.75) is 18.3 Å². The third-order valence-electron chi connectivity index (χ3n) is 3.70. The lowest BCUT2D eigenvalue weighted by Gasteiger charge is -2.10. The highest BCUT2D eigenvalue weighted by molar-refractivity contribution is 6.07. The molecule has 1 aromatic carbocycles. The summed E-state index contributed by atoms with van der Waals surface area (Å²) >= 11 is 0. The van der Waals surface area contributed by atoms with Crippen molar-refractivity contribution in [1.29, 1.82) is 0 Å². The number of rotatable bonds is 4. The van der Waals surface area contributed by atoms with Gasteiger partial charge in [-0.15, -0.1) is 0 Å². The van der Waals surface area contributed by atoms with Gasteiger partial charge in [0, 0.05) is 11.8 Å². The molecule has 19 heavy (non-hydrogen) atoms. The van der Waals surface area contributed by atoms with E-state index in [0.717, 1.165) is 5.56 Å². The first-order valence-electron chi connectivity index (χ1n) is 6.15. The Labute approximate surface area is 110 Å². The standard InChI is InChI=1S/C15H13NO3/c17-13(12-2-1-9-16-12)10-3-5-11(6-4-10)15(7-8-15)14(18)19/h1-6,9,16H,7-8H2,(H,18,19). The molecular formula is C15H13NO3. The number of carbonyl (C=O) groups excluding carboxylic acids is 1. The molecule has 1 aromatic heterocycles. The number of carboxylic acid groups (broad SMARTS) is 1. The summed E-state index contributed by atoms with van der Waals surface area (Å²) in [6, 6.07) is 10.4. The molecule has 1 fully saturated rings. The smallest absolute Gasteiger partial charge is 0.314 e. The number of nitrogens with one attached hydrogen (secondary N) is 1. The number of benzene rings is 1. The van der Waals surface area contributed by atoms with Crippen LogP contribution >= 0.6 is 0 Å². The van der Waals surface area contributed by atoms with Gasteiger partial charge in [-0.3, -0.25) is 9.59 Å². The van der Waals surface area contributed by atoms with Gasteiger partial charge in [0.15, 0.2) is 0 Å². The number of carboxylic acids is 1. The molecule has 0 spiro atoms. The number of carbonyl (C=O) groups is 2. The second-order valence-corrected chi connectivity index (χ2v) is 4.88. The van der Waals surface area contributed by atoms with Crippen LogP contribution in [0.25, 0.3) is 0 Å². The Morgan fingerprint density at radius 2 is 1.79 bits per heavy atom. The monoisotopic (exact) mass is 255 g/mol. The number of aromatic nitrogens is 1. The Balaban J connectivity index is 1.88. The van der Waals surface area contributed by atoms with Gasteiger partial charge in [0.25, 0.3) is 0 Å². The van der Waals surface area contributed by atoms with Crippen LogP contribution in [0.3, 0.4) is 0 Å². The van der Waals surface area contributed by atoms with Crippen LogP contribution in [0.2, 0.25) is 0 Å². The number of hydrogen-bond donors (Lipinski definition) is 2. The average Bonchev–Trinajstić information content (AvgIpc) is 3.07. The van der Waals surface area contributed by atoms with Gasteiger partial charge in [0.2, 0.25) is 5.78 Å². The van der Waals surface area contributed by atoms with Crippen molar-refractivity contribution in [2.24, 2.45) is 0 Å². The van der Waals surface area contributed by atoms with Crippen LogP contribution in [0, 0.1) is 0 Å². The first kappa shape index (κ1) is 11.7. The maximum absolute atomic E-state index is 12.1. The molecule has 0 saturated heterocycles. The molecule has 1 saturated carbocycles. The zero-order valence-electron chi connectivity index (χ0n) is 10.2. The van der Waals surface area contributed by atoms with E-state index in [-0.39, 0.29) is 5.78 Å². The van der Waals surface area contributed by atoms with E-state index in [4.69, 9.17) is 0 Å². The highest BCUT2D eigenvalue weighted by Crippen LogP contribution is 2.48. The zero-order chi connectivity index (χ0) is 13.5. The van der Waals surface area contributed by atoms with Crippen molar-refractivity contribution in [3.63, 3.8) is 0 Å². The third-order valence-corrected chi connectivity index (χ3v) is 3.70. The normalized spacial score (nSPS) is 16.0. The number of ketones is 1. The summed E-state index contributed by atoms with van der Waals surface area (Å²) in [5.74, 6) is -0.868. The first-order chi connectivity index (χ1) is 9.13. The molecule has 1 aliphatic rings. The predicted molar refractivity (Wildman–Crippen MR) is 69.2 cm³/mol. The van der Waals surface area contributed by atoms with Crippen LogP contribution in [0.5, 0.6) is 0 Å². The molecule has 3 rings (SSSR count). The second-order valence-electron chi connectivity index (χ2n) is 4.88. The molecular weight excluding hydrogens is 242 g/mol. The van der Waals surface area contributed by atoms with Crippen LogP contribution in [0.4, 0.5) is 0 Å². The van der Waals surface area contributed by atoms with Crippen molar-refractivity contribution in [3.05, 3.63) is 59.4 Å². The molecule has 0 atom stereocenters. The average molecular weight is 255 g/mol. The lowest BCUT2D eigenvalue weighted by Crippen LogP contribution is -2.19. The lowest BCUT2D eigenvalue weighted by atomic mass is 9.94. The van der Waals surface area contributed by atoms with Gasteiger partial charge in [-0.25, -0.2) is 0 Å². The molecule has 0 unspecified atom stereocenters. The summed E-state index contributed by atoms with van der Waals surface area (Å²) in [6.07, 6.45) is 3.05.